The van der Waals surface area contributed by atoms with Crippen LogP contribution in [0.25, 0.3) is 0 Å². The summed E-state index contributed by atoms with van der Waals surface area (Å²) in [5, 5.41) is 9.07. The van der Waals surface area contributed by atoms with Gasteiger partial charge in [0.05, 0.1) is 6.61 Å². The highest BCUT2D eigenvalue weighted by atomic mass is 35.5. The second-order valence-electron chi connectivity index (χ2n) is 4.69. The molecule has 0 radical (unpaired) electrons. The molecule has 1 fully saturated rings. The molecule has 1 aliphatic rings. The van der Waals surface area contributed by atoms with Crippen LogP contribution in [0.3, 0.4) is 0 Å². The summed E-state index contributed by atoms with van der Waals surface area (Å²) in [6, 6.07) is 3.06. The van der Waals surface area contributed by atoms with Crippen LogP contribution in [-0.4, -0.2) is 45.0 Å². The Bertz CT molecular complexity index is 610. The number of primary amides is 1. The topological polar surface area (TPSA) is 143 Å². The van der Waals surface area contributed by atoms with Crippen LogP contribution in [0.2, 0.25) is 0 Å². The van der Waals surface area contributed by atoms with Gasteiger partial charge in [-0.3, -0.25) is 9.32 Å². The van der Waals surface area contributed by atoms with Crippen LogP contribution >= 0.6 is 19.4 Å². The number of alkyl halides is 1. The van der Waals surface area contributed by atoms with Crippen molar-refractivity contribution in [1.82, 2.24) is 0 Å². The maximum atomic E-state index is 11.2. The highest BCUT2D eigenvalue weighted by Gasteiger charge is 2.48. The Kier molecular flexibility index (Phi) is 5.18. The lowest BCUT2D eigenvalue weighted by molar-refractivity contribution is -0.758. The van der Waals surface area contributed by atoms with Gasteiger partial charge in [-0.05, 0) is 6.07 Å². The number of aliphatic hydroxyl groups is 1. The first-order chi connectivity index (χ1) is 10.2. The van der Waals surface area contributed by atoms with Gasteiger partial charge in [-0.1, -0.05) is 0 Å². The van der Waals surface area contributed by atoms with Crippen LogP contribution in [0.4, 0.5) is 0 Å². The average molecular weight is 354 g/mol. The first-order valence-electron chi connectivity index (χ1n) is 6.17. The molecular formula is C11H15ClN2O7P+. The summed E-state index contributed by atoms with van der Waals surface area (Å²) in [5.41, 5.74) is 5.41. The van der Waals surface area contributed by atoms with E-state index in [0.717, 1.165) is 0 Å². The number of carbonyl (C=O) groups is 1. The van der Waals surface area contributed by atoms with Crippen molar-refractivity contribution in [3.63, 3.8) is 0 Å². The Hall–Kier alpha value is -1.06. The average Bonchev–Trinajstić information content (AvgIpc) is 2.72. The predicted molar refractivity (Wildman–Crippen MR) is 72.7 cm³/mol. The number of amides is 1. The summed E-state index contributed by atoms with van der Waals surface area (Å²) in [6.07, 6.45) is -0.110. The number of hydrogen-bond acceptors (Lipinski definition) is 5. The molecule has 2 rings (SSSR count). The molecule has 0 saturated carbocycles. The zero-order valence-electron chi connectivity index (χ0n) is 11.2. The van der Waals surface area contributed by atoms with Crippen LogP contribution in [0, 0.1) is 0 Å². The second kappa shape index (κ2) is 6.59. The first-order valence-corrected chi connectivity index (χ1v) is 8.14. The summed E-state index contributed by atoms with van der Waals surface area (Å²) < 4.78 is 21.9. The van der Waals surface area contributed by atoms with Crippen molar-refractivity contribution in [2.75, 3.05) is 6.61 Å². The number of ether oxygens (including phenoxy) is 1. The Morgan fingerprint density at radius 2 is 2.23 bits per heavy atom. The van der Waals surface area contributed by atoms with E-state index in [0.29, 0.717) is 0 Å². The maximum Gasteiger partial charge on any atom is 0.469 e. The molecule has 22 heavy (non-hydrogen) atoms. The number of halogens is 1. The lowest BCUT2D eigenvalue weighted by atomic mass is 10.2. The third-order valence-electron chi connectivity index (χ3n) is 3.10. The lowest BCUT2D eigenvalue weighted by Gasteiger charge is -2.13. The number of aromatic nitrogens is 1. The number of pyridine rings is 1. The fourth-order valence-electron chi connectivity index (χ4n) is 2.05. The minimum absolute atomic E-state index is 0.222. The number of rotatable bonds is 5. The molecule has 0 bridgehead atoms. The summed E-state index contributed by atoms with van der Waals surface area (Å²) in [4.78, 5) is 28.5. The van der Waals surface area contributed by atoms with E-state index in [4.69, 9.17) is 31.9 Å². The van der Waals surface area contributed by atoms with Crippen molar-refractivity contribution in [3.05, 3.63) is 30.1 Å². The Balaban J connectivity index is 2.14. The van der Waals surface area contributed by atoms with Crippen LogP contribution in [0.1, 0.15) is 16.6 Å². The third-order valence-corrected chi connectivity index (χ3v) is 4.06. The second-order valence-corrected chi connectivity index (χ2v) is 6.43. The summed E-state index contributed by atoms with van der Waals surface area (Å²) >= 11 is 6.08. The quantitative estimate of drug-likeness (QED) is 0.303. The monoisotopic (exact) mass is 353 g/mol. The van der Waals surface area contributed by atoms with Gasteiger partial charge in [0.2, 0.25) is 0 Å². The van der Waals surface area contributed by atoms with Crippen molar-refractivity contribution in [1.29, 1.82) is 0 Å². The van der Waals surface area contributed by atoms with Gasteiger partial charge in [-0.2, -0.15) is 4.57 Å². The highest BCUT2D eigenvalue weighted by Crippen LogP contribution is 2.38. The molecule has 0 aliphatic carbocycles. The van der Waals surface area contributed by atoms with E-state index in [1.54, 1.807) is 12.3 Å². The number of carbonyl (C=O) groups excluding carboxylic acids is 1. The van der Waals surface area contributed by atoms with Gasteiger partial charge in [-0.15, -0.1) is 11.6 Å². The molecule has 5 N–H and O–H groups in total. The fourth-order valence-corrected chi connectivity index (χ4v) is 2.74. The Morgan fingerprint density at radius 1 is 1.55 bits per heavy atom. The smallest absolute Gasteiger partial charge is 0.388 e. The predicted octanol–water partition coefficient (Wildman–Crippen LogP) is -0.952. The molecule has 0 aromatic carbocycles. The number of nitrogens with two attached hydrogens (primary N) is 1. The number of hydrogen-bond donors (Lipinski definition) is 4. The minimum atomic E-state index is -4.68. The summed E-state index contributed by atoms with van der Waals surface area (Å²) in [6.45, 7) is -0.527. The molecule has 1 aromatic heterocycles. The lowest BCUT2D eigenvalue weighted by Crippen LogP contribution is -2.44. The molecule has 122 valence electrons. The Morgan fingerprint density at radius 3 is 2.82 bits per heavy atom. The molecule has 1 amide bonds. The van der Waals surface area contributed by atoms with Crippen LogP contribution in [0.5, 0.6) is 0 Å². The van der Waals surface area contributed by atoms with Crippen LogP contribution in [0.15, 0.2) is 24.5 Å². The minimum Gasteiger partial charge on any atom is -0.388 e. The van der Waals surface area contributed by atoms with Gasteiger partial charge >= 0.3 is 7.82 Å². The maximum absolute atomic E-state index is 11.2. The molecule has 0 spiro atoms. The fraction of sp³-hybridized carbons (Fsp3) is 0.455. The first kappa shape index (κ1) is 17.3. The largest absolute Gasteiger partial charge is 0.469 e. The zero-order valence-corrected chi connectivity index (χ0v) is 12.8. The third kappa shape index (κ3) is 4.02. The SMILES string of the molecule is NC(=O)c1ccc[n+](C2OC(COP(=O)(O)O)[C@@H](O)[C@@H]2Cl)c1. The molecule has 2 unspecified atom stereocenters. The summed E-state index contributed by atoms with van der Waals surface area (Å²) in [5.74, 6) is -0.639. The number of phosphoric ester groups is 1. The molecular weight excluding hydrogens is 339 g/mol. The van der Waals surface area contributed by atoms with Gasteiger partial charge in [0, 0.05) is 6.07 Å². The summed E-state index contributed by atoms with van der Waals surface area (Å²) in [7, 11) is -4.68. The standard InChI is InChI=1S/C11H14ClN2O7P/c12-8-9(15)7(5-20-22(17,18)19)21-11(8)14-3-1-2-6(4-14)10(13)16/h1-4,7-9,11,15H,5H2,(H3-,13,16,17,18,19)/p+1/t7?,8-,9+,11?/m0/s1. The number of phosphoric acid groups is 1. The number of aliphatic hydroxyl groups excluding tert-OH is 1. The van der Waals surface area contributed by atoms with E-state index < -0.39 is 44.1 Å². The van der Waals surface area contributed by atoms with E-state index in [1.165, 1.54) is 16.8 Å². The molecule has 11 heteroatoms. The van der Waals surface area contributed by atoms with Gasteiger partial charge < -0.3 is 25.4 Å². The molecule has 4 atom stereocenters. The van der Waals surface area contributed by atoms with Gasteiger partial charge in [0.15, 0.2) is 17.8 Å². The highest BCUT2D eigenvalue weighted by molar-refractivity contribution is 7.46. The van der Waals surface area contributed by atoms with E-state index in [9.17, 15) is 14.5 Å². The van der Waals surface area contributed by atoms with Gasteiger partial charge in [0.1, 0.15) is 17.8 Å². The van der Waals surface area contributed by atoms with Crippen LogP contribution in [-0.2, 0) is 13.8 Å². The molecule has 9 nitrogen and oxygen atoms in total. The molecule has 1 aliphatic heterocycles. The van der Waals surface area contributed by atoms with E-state index in [2.05, 4.69) is 4.52 Å². The van der Waals surface area contributed by atoms with Crippen molar-refractivity contribution in [2.24, 2.45) is 5.73 Å². The molecule has 2 heterocycles. The Labute approximate surface area is 130 Å². The number of nitrogens with zero attached hydrogens (tertiary/aromatic N) is 1. The van der Waals surface area contributed by atoms with Crippen molar-refractivity contribution in [3.8, 4) is 0 Å². The normalized spacial score (nSPS) is 28.7. The van der Waals surface area contributed by atoms with Crippen molar-refractivity contribution in [2.45, 2.75) is 23.8 Å². The zero-order chi connectivity index (χ0) is 16.5. The van der Waals surface area contributed by atoms with Crippen LogP contribution < -0.4 is 10.3 Å². The van der Waals surface area contributed by atoms with Crippen molar-refractivity contribution >= 4 is 25.3 Å². The van der Waals surface area contributed by atoms with E-state index >= 15 is 0 Å². The molecule has 1 aromatic rings. The van der Waals surface area contributed by atoms with E-state index in [-0.39, 0.29) is 5.56 Å². The molecule has 1 saturated heterocycles. The van der Waals surface area contributed by atoms with Gasteiger partial charge in [-0.25, -0.2) is 4.57 Å². The van der Waals surface area contributed by atoms with Gasteiger partial charge in [0.25, 0.3) is 12.1 Å². The van der Waals surface area contributed by atoms with Crippen molar-refractivity contribution < 1.29 is 38.1 Å². The van der Waals surface area contributed by atoms with E-state index in [1.807, 2.05) is 0 Å².